The number of benzene rings is 1. The summed E-state index contributed by atoms with van der Waals surface area (Å²) in [5.41, 5.74) is 2.51. The molecule has 23 heavy (non-hydrogen) atoms. The van der Waals surface area contributed by atoms with Crippen LogP contribution in [0.1, 0.15) is 16.1 Å². The molecule has 1 aromatic heterocycles. The van der Waals surface area contributed by atoms with Crippen LogP contribution in [0.2, 0.25) is 0 Å². The third-order valence-corrected chi connectivity index (χ3v) is 3.27. The van der Waals surface area contributed by atoms with Crippen LogP contribution in [-0.2, 0) is 10.1 Å². The number of methoxy groups -OCH3 is 1. The van der Waals surface area contributed by atoms with Gasteiger partial charge >= 0.3 is 29.6 Å². The van der Waals surface area contributed by atoms with Gasteiger partial charge in [-0.15, -0.1) is 0 Å². The zero-order valence-electron chi connectivity index (χ0n) is 12.3. The summed E-state index contributed by atoms with van der Waals surface area (Å²) in [5.74, 6) is -0.125. The van der Waals surface area contributed by atoms with Gasteiger partial charge in [0.15, 0.2) is 10.1 Å². The Balaban J connectivity index is 0.00000264. The minimum Gasteiger partial charge on any atom is -0.742 e. The van der Waals surface area contributed by atoms with E-state index in [9.17, 15) is 17.8 Å². The molecular weight excluding hydrogens is 335 g/mol. The van der Waals surface area contributed by atoms with Crippen LogP contribution in [0.25, 0.3) is 0 Å². The molecular formula is C13H11N2NaO6S. The Morgan fingerprint density at radius 2 is 2.00 bits per heavy atom. The Hall–Kier alpha value is -1.65. The number of amides is 1. The number of hydrazone groups is 1. The molecule has 1 amide bonds. The van der Waals surface area contributed by atoms with Crippen LogP contribution < -0.4 is 39.7 Å². The quantitative estimate of drug-likeness (QED) is 0.288. The molecule has 0 spiro atoms. The predicted molar refractivity (Wildman–Crippen MR) is 74.7 cm³/mol. The van der Waals surface area contributed by atoms with E-state index >= 15 is 0 Å². The maximum Gasteiger partial charge on any atom is 1.00 e. The van der Waals surface area contributed by atoms with Gasteiger partial charge < -0.3 is 13.7 Å². The first-order chi connectivity index (χ1) is 10.4. The first-order valence-corrected chi connectivity index (χ1v) is 7.35. The molecule has 116 valence electrons. The van der Waals surface area contributed by atoms with Gasteiger partial charge in [-0.05, 0) is 24.3 Å². The van der Waals surface area contributed by atoms with Gasteiger partial charge in [-0.25, -0.2) is 13.8 Å². The van der Waals surface area contributed by atoms with E-state index in [1.165, 1.54) is 13.2 Å². The molecule has 0 fully saturated rings. The van der Waals surface area contributed by atoms with Gasteiger partial charge in [0.1, 0.15) is 11.5 Å². The minimum atomic E-state index is -4.66. The van der Waals surface area contributed by atoms with Crippen molar-refractivity contribution >= 4 is 22.2 Å². The van der Waals surface area contributed by atoms with E-state index in [1.54, 1.807) is 24.3 Å². The Labute approximate surface area is 154 Å². The first kappa shape index (κ1) is 19.4. The molecule has 2 aromatic rings. The van der Waals surface area contributed by atoms with Crippen molar-refractivity contribution in [2.45, 2.75) is 5.09 Å². The molecule has 0 unspecified atom stereocenters. The van der Waals surface area contributed by atoms with Crippen LogP contribution in [0, 0.1) is 0 Å². The summed E-state index contributed by atoms with van der Waals surface area (Å²) in [4.78, 5) is 11.9. The smallest absolute Gasteiger partial charge is 0.742 e. The van der Waals surface area contributed by atoms with E-state index in [4.69, 9.17) is 9.15 Å². The fourth-order valence-corrected chi connectivity index (χ4v) is 2.02. The van der Waals surface area contributed by atoms with Crippen molar-refractivity contribution in [1.82, 2.24) is 5.43 Å². The third kappa shape index (κ3) is 5.19. The molecule has 0 bridgehead atoms. The van der Waals surface area contributed by atoms with Gasteiger partial charge in [0, 0.05) is 0 Å². The van der Waals surface area contributed by atoms with Crippen molar-refractivity contribution in [3.63, 3.8) is 0 Å². The van der Waals surface area contributed by atoms with Crippen molar-refractivity contribution in [2.24, 2.45) is 5.10 Å². The van der Waals surface area contributed by atoms with Gasteiger partial charge in [0.05, 0.1) is 18.9 Å². The molecule has 0 aliphatic carbocycles. The Kier molecular flexibility index (Phi) is 6.98. The number of ether oxygens (including phenoxy) is 1. The summed E-state index contributed by atoms with van der Waals surface area (Å²) in [7, 11) is -3.22. The van der Waals surface area contributed by atoms with Gasteiger partial charge in [0.25, 0.3) is 5.91 Å². The number of nitrogens with one attached hydrogen (secondary N) is 1. The van der Waals surface area contributed by atoms with Crippen LogP contribution in [0.4, 0.5) is 0 Å². The van der Waals surface area contributed by atoms with Crippen molar-refractivity contribution in [1.29, 1.82) is 0 Å². The van der Waals surface area contributed by atoms with Gasteiger partial charge in [-0.2, -0.15) is 5.10 Å². The number of carbonyl (C=O) groups is 1. The molecule has 1 heterocycles. The number of para-hydroxylation sites is 1. The largest absolute Gasteiger partial charge is 1.00 e. The van der Waals surface area contributed by atoms with Crippen molar-refractivity contribution < 1.29 is 56.5 Å². The average molecular weight is 346 g/mol. The van der Waals surface area contributed by atoms with E-state index < -0.39 is 21.1 Å². The zero-order valence-corrected chi connectivity index (χ0v) is 15.2. The molecule has 0 radical (unpaired) electrons. The minimum absolute atomic E-state index is 0. The van der Waals surface area contributed by atoms with Crippen molar-refractivity contribution in [2.75, 3.05) is 7.11 Å². The second-order valence-corrected chi connectivity index (χ2v) is 5.32. The fourth-order valence-electron chi connectivity index (χ4n) is 1.59. The molecule has 0 aliphatic rings. The molecule has 0 atom stereocenters. The number of hydrogen-bond acceptors (Lipinski definition) is 7. The number of rotatable bonds is 5. The maximum absolute atomic E-state index is 11.9. The first-order valence-electron chi connectivity index (χ1n) is 5.94. The van der Waals surface area contributed by atoms with Gasteiger partial charge in [-0.3, -0.25) is 4.79 Å². The molecule has 8 nitrogen and oxygen atoms in total. The molecule has 1 N–H and O–H groups in total. The monoisotopic (exact) mass is 346 g/mol. The Morgan fingerprint density at radius 1 is 1.30 bits per heavy atom. The van der Waals surface area contributed by atoms with Crippen LogP contribution >= 0.6 is 0 Å². The summed E-state index contributed by atoms with van der Waals surface area (Å²) < 4.78 is 41.9. The van der Waals surface area contributed by atoms with E-state index in [1.807, 2.05) is 0 Å². The summed E-state index contributed by atoms with van der Waals surface area (Å²) in [6.45, 7) is 0. The van der Waals surface area contributed by atoms with Crippen LogP contribution in [0.15, 0.2) is 51.0 Å². The fraction of sp³-hybridized carbons (Fsp3) is 0.0769. The van der Waals surface area contributed by atoms with E-state index in [-0.39, 0.29) is 40.9 Å². The van der Waals surface area contributed by atoms with Crippen LogP contribution in [0.3, 0.4) is 0 Å². The number of hydrogen-bond donors (Lipinski definition) is 1. The zero-order chi connectivity index (χ0) is 16.2. The standard InChI is InChI=1S/C13H12N2O6S.Na/c1-20-11-5-3-2-4-10(11)13(16)15-14-8-9-6-7-12(21-9)22(17,18)19;/h2-8H,1H3,(H,15,16)(H,17,18,19);/q;+1/p-1/b14-8+;. The number of carbonyl (C=O) groups excluding carboxylic acids is 1. The van der Waals surface area contributed by atoms with E-state index in [0.29, 0.717) is 5.75 Å². The van der Waals surface area contributed by atoms with Crippen molar-refractivity contribution in [3.8, 4) is 5.75 Å². The summed E-state index contributed by atoms with van der Waals surface area (Å²) in [5, 5.41) is 2.90. The Bertz CT molecular complexity index is 815. The number of nitrogens with zero attached hydrogens (tertiary/aromatic N) is 1. The second-order valence-electron chi connectivity index (χ2n) is 4.01. The van der Waals surface area contributed by atoms with Crippen molar-refractivity contribution in [3.05, 3.63) is 47.7 Å². The molecule has 1 aromatic carbocycles. The van der Waals surface area contributed by atoms with E-state index in [2.05, 4.69) is 10.5 Å². The summed E-state index contributed by atoms with van der Waals surface area (Å²) in [6, 6.07) is 8.80. The topological polar surface area (TPSA) is 121 Å². The Morgan fingerprint density at radius 3 is 2.61 bits per heavy atom. The summed E-state index contributed by atoms with van der Waals surface area (Å²) >= 11 is 0. The predicted octanol–water partition coefficient (Wildman–Crippen LogP) is -2.04. The normalized spacial score (nSPS) is 11.0. The molecule has 0 aliphatic heterocycles. The second kappa shape index (κ2) is 8.27. The SMILES string of the molecule is COc1ccccc1C(=O)N/N=C/c1ccc(S(=O)(=O)[O-])o1.[Na+]. The van der Waals surface area contributed by atoms with E-state index in [0.717, 1.165) is 12.3 Å². The van der Waals surface area contributed by atoms with Gasteiger partial charge in [-0.1, -0.05) is 12.1 Å². The van der Waals surface area contributed by atoms with Crippen LogP contribution in [-0.4, -0.2) is 32.2 Å². The molecule has 0 saturated carbocycles. The third-order valence-electron chi connectivity index (χ3n) is 2.56. The number of furan rings is 1. The average Bonchev–Trinajstić information content (AvgIpc) is 2.96. The van der Waals surface area contributed by atoms with Crippen LogP contribution in [0.5, 0.6) is 5.75 Å². The maximum atomic E-state index is 11.9. The summed E-state index contributed by atoms with van der Waals surface area (Å²) in [6.07, 6.45) is 1.07. The molecule has 10 heteroatoms. The van der Waals surface area contributed by atoms with Gasteiger partial charge in [0.2, 0.25) is 5.09 Å². The molecule has 0 saturated heterocycles. The molecule has 2 rings (SSSR count).